The Kier molecular flexibility index (Phi) is 4.09. The summed E-state index contributed by atoms with van der Waals surface area (Å²) in [6.07, 6.45) is 0.00883. The molecule has 0 bridgehead atoms. The molecule has 0 aromatic heterocycles. The third kappa shape index (κ3) is 3.08. The summed E-state index contributed by atoms with van der Waals surface area (Å²) >= 11 is 11.1. The largest absolute Gasteiger partial charge is 0.480 e. The van der Waals surface area contributed by atoms with Crippen LogP contribution in [0.1, 0.15) is 5.56 Å². The number of nitrogens with zero attached hydrogens (tertiary/aromatic N) is 1. The molecule has 0 heterocycles. The maximum absolute atomic E-state index is 10.6. The third-order valence-corrected chi connectivity index (χ3v) is 2.55. The van der Waals surface area contributed by atoms with Crippen LogP contribution in [0.3, 0.4) is 0 Å². The number of carboxylic acids is 1. The van der Waals surface area contributed by atoms with Crippen molar-refractivity contribution in [1.82, 2.24) is 0 Å². The van der Waals surface area contributed by atoms with Gasteiger partial charge in [0, 0.05) is 6.07 Å². The van der Waals surface area contributed by atoms with Crippen molar-refractivity contribution in [2.75, 3.05) is 0 Å². The SMILES string of the molecule is O=C(O)C(Cl)Cc1ccc(Cl)c([N+](=O)[O-])c1. The van der Waals surface area contributed by atoms with Gasteiger partial charge in [-0.25, -0.2) is 0 Å². The Balaban J connectivity index is 2.95. The molecule has 16 heavy (non-hydrogen) atoms. The highest BCUT2D eigenvalue weighted by Gasteiger charge is 2.18. The number of nitro benzene ring substituents is 1. The van der Waals surface area contributed by atoms with E-state index in [1.807, 2.05) is 0 Å². The van der Waals surface area contributed by atoms with Gasteiger partial charge in [0.25, 0.3) is 5.69 Å². The van der Waals surface area contributed by atoms with Crippen LogP contribution < -0.4 is 0 Å². The number of hydrogen-bond donors (Lipinski definition) is 1. The van der Waals surface area contributed by atoms with E-state index in [-0.39, 0.29) is 17.1 Å². The molecule has 86 valence electrons. The standard InChI is InChI=1S/C9H7Cl2NO4/c10-6-2-1-5(3-7(11)9(13)14)4-8(6)12(15)16/h1-2,4,7H,3H2,(H,13,14). The van der Waals surface area contributed by atoms with E-state index in [1.54, 1.807) is 0 Å². The summed E-state index contributed by atoms with van der Waals surface area (Å²) in [5, 5.41) is 18.0. The van der Waals surface area contributed by atoms with Gasteiger partial charge in [0.05, 0.1) is 4.92 Å². The number of hydrogen-bond acceptors (Lipinski definition) is 3. The summed E-state index contributed by atoms with van der Waals surface area (Å²) in [5.41, 5.74) is 0.201. The first kappa shape index (κ1) is 12.7. The van der Waals surface area contributed by atoms with E-state index in [4.69, 9.17) is 28.3 Å². The Morgan fingerprint density at radius 3 is 2.69 bits per heavy atom. The van der Waals surface area contributed by atoms with Crippen LogP contribution in [0.25, 0.3) is 0 Å². The van der Waals surface area contributed by atoms with Gasteiger partial charge in [-0.15, -0.1) is 11.6 Å². The molecule has 0 aliphatic rings. The van der Waals surface area contributed by atoms with E-state index < -0.39 is 16.3 Å². The molecule has 0 fully saturated rings. The van der Waals surface area contributed by atoms with Crippen LogP contribution in [-0.2, 0) is 11.2 Å². The van der Waals surface area contributed by atoms with Gasteiger partial charge >= 0.3 is 5.97 Å². The van der Waals surface area contributed by atoms with Crippen LogP contribution >= 0.6 is 23.2 Å². The number of nitro groups is 1. The zero-order valence-corrected chi connectivity index (χ0v) is 9.40. The second-order valence-corrected chi connectivity index (χ2v) is 3.99. The first-order valence-corrected chi connectivity index (χ1v) is 5.03. The molecule has 1 unspecified atom stereocenters. The minimum atomic E-state index is -1.17. The number of rotatable bonds is 4. The second kappa shape index (κ2) is 5.14. The zero-order chi connectivity index (χ0) is 12.3. The van der Waals surface area contributed by atoms with Crippen LogP contribution in [0, 0.1) is 10.1 Å². The Bertz CT molecular complexity index is 436. The maximum atomic E-state index is 10.6. The van der Waals surface area contributed by atoms with Crippen LogP contribution in [0.15, 0.2) is 18.2 Å². The molecule has 0 aliphatic carbocycles. The predicted molar refractivity (Wildman–Crippen MR) is 59.1 cm³/mol. The van der Waals surface area contributed by atoms with E-state index in [2.05, 4.69) is 0 Å². The van der Waals surface area contributed by atoms with Crippen LogP contribution in [-0.4, -0.2) is 21.4 Å². The Morgan fingerprint density at radius 2 is 2.19 bits per heavy atom. The number of carboxylic acid groups (broad SMARTS) is 1. The molecule has 0 saturated heterocycles. The highest BCUT2D eigenvalue weighted by molar-refractivity contribution is 6.32. The molecule has 0 radical (unpaired) electrons. The molecule has 0 aliphatic heterocycles. The third-order valence-electron chi connectivity index (χ3n) is 1.89. The molecule has 1 atom stereocenters. The fraction of sp³-hybridized carbons (Fsp3) is 0.222. The van der Waals surface area contributed by atoms with E-state index in [0.29, 0.717) is 5.56 Å². The van der Waals surface area contributed by atoms with Gasteiger partial charge in [0.1, 0.15) is 10.4 Å². The van der Waals surface area contributed by atoms with E-state index in [1.165, 1.54) is 18.2 Å². The first-order valence-electron chi connectivity index (χ1n) is 4.21. The summed E-state index contributed by atoms with van der Waals surface area (Å²) in [5.74, 6) is -1.17. The van der Waals surface area contributed by atoms with Crippen LogP contribution in [0.4, 0.5) is 5.69 Å². The molecule has 7 heteroatoms. The van der Waals surface area contributed by atoms with Gasteiger partial charge in [0.2, 0.25) is 0 Å². The minimum Gasteiger partial charge on any atom is -0.480 e. The maximum Gasteiger partial charge on any atom is 0.321 e. The molecule has 1 N–H and O–H groups in total. The van der Waals surface area contributed by atoms with E-state index >= 15 is 0 Å². The van der Waals surface area contributed by atoms with Crippen molar-refractivity contribution in [1.29, 1.82) is 0 Å². The summed E-state index contributed by atoms with van der Waals surface area (Å²) in [4.78, 5) is 20.4. The normalized spacial score (nSPS) is 12.1. The summed E-state index contributed by atoms with van der Waals surface area (Å²) in [7, 11) is 0. The molecule has 0 spiro atoms. The molecular formula is C9H7Cl2NO4. The lowest BCUT2D eigenvalue weighted by molar-refractivity contribution is -0.384. The number of carbonyl (C=O) groups is 1. The molecule has 1 aromatic rings. The minimum absolute atomic E-state index is 0.00883. The Hall–Kier alpha value is -1.33. The highest BCUT2D eigenvalue weighted by Crippen LogP contribution is 2.26. The molecule has 5 nitrogen and oxygen atoms in total. The van der Waals surface area contributed by atoms with Gasteiger partial charge in [-0.3, -0.25) is 14.9 Å². The number of alkyl halides is 1. The van der Waals surface area contributed by atoms with Gasteiger partial charge in [0.15, 0.2) is 0 Å². The quantitative estimate of drug-likeness (QED) is 0.514. The second-order valence-electron chi connectivity index (χ2n) is 3.05. The van der Waals surface area contributed by atoms with Crippen molar-refractivity contribution in [2.45, 2.75) is 11.8 Å². The predicted octanol–water partition coefficient (Wildman–Crippen LogP) is 2.48. The monoisotopic (exact) mass is 263 g/mol. The molecule has 0 saturated carbocycles. The van der Waals surface area contributed by atoms with Crippen molar-refractivity contribution in [3.8, 4) is 0 Å². The number of aliphatic carboxylic acids is 1. The summed E-state index contributed by atoms with van der Waals surface area (Å²) in [6.45, 7) is 0. The summed E-state index contributed by atoms with van der Waals surface area (Å²) in [6, 6.07) is 4.08. The average molecular weight is 264 g/mol. The van der Waals surface area contributed by atoms with Crippen molar-refractivity contribution < 1.29 is 14.8 Å². The fourth-order valence-electron chi connectivity index (χ4n) is 1.12. The summed E-state index contributed by atoms with van der Waals surface area (Å²) < 4.78 is 0. The Labute approximate surface area is 101 Å². The van der Waals surface area contributed by atoms with Gasteiger partial charge in [-0.1, -0.05) is 17.7 Å². The van der Waals surface area contributed by atoms with Gasteiger partial charge < -0.3 is 5.11 Å². The van der Waals surface area contributed by atoms with Crippen molar-refractivity contribution in [2.24, 2.45) is 0 Å². The highest BCUT2D eigenvalue weighted by atomic mass is 35.5. The van der Waals surface area contributed by atoms with E-state index in [0.717, 1.165) is 0 Å². The van der Waals surface area contributed by atoms with Crippen LogP contribution in [0.2, 0.25) is 5.02 Å². The smallest absolute Gasteiger partial charge is 0.321 e. The molecule has 1 aromatic carbocycles. The van der Waals surface area contributed by atoms with Crippen molar-refractivity contribution in [3.05, 3.63) is 38.9 Å². The topological polar surface area (TPSA) is 80.4 Å². The average Bonchev–Trinajstić information content (AvgIpc) is 2.20. The van der Waals surface area contributed by atoms with Crippen LogP contribution in [0.5, 0.6) is 0 Å². The number of halogens is 2. The van der Waals surface area contributed by atoms with E-state index in [9.17, 15) is 14.9 Å². The lowest BCUT2D eigenvalue weighted by atomic mass is 10.1. The lowest BCUT2D eigenvalue weighted by Crippen LogP contribution is -2.15. The van der Waals surface area contributed by atoms with Crippen molar-refractivity contribution in [3.63, 3.8) is 0 Å². The van der Waals surface area contributed by atoms with Gasteiger partial charge in [-0.2, -0.15) is 0 Å². The lowest BCUT2D eigenvalue weighted by Gasteiger charge is -2.04. The fourth-order valence-corrected chi connectivity index (χ4v) is 1.48. The zero-order valence-electron chi connectivity index (χ0n) is 7.89. The van der Waals surface area contributed by atoms with Gasteiger partial charge in [-0.05, 0) is 18.1 Å². The molecular weight excluding hydrogens is 257 g/mol. The first-order chi connectivity index (χ1) is 7.41. The molecule has 0 amide bonds. The van der Waals surface area contributed by atoms with Crippen molar-refractivity contribution >= 4 is 34.9 Å². The molecule has 1 rings (SSSR count). The Morgan fingerprint density at radius 1 is 1.56 bits per heavy atom. The number of benzene rings is 1.